The summed E-state index contributed by atoms with van der Waals surface area (Å²) >= 11 is 0. The van der Waals surface area contributed by atoms with Crippen molar-refractivity contribution < 1.29 is 0 Å². The smallest absolute Gasteiger partial charge is 0.0376 e. The van der Waals surface area contributed by atoms with E-state index >= 15 is 0 Å². The molecule has 0 aromatic heterocycles. The summed E-state index contributed by atoms with van der Waals surface area (Å²) in [6.45, 7) is 3.59. The average molecular weight is 230 g/mol. The second kappa shape index (κ2) is 4.69. The Labute approximate surface area is 104 Å². The summed E-state index contributed by atoms with van der Waals surface area (Å²) in [6.07, 6.45) is 4.35. The summed E-state index contributed by atoms with van der Waals surface area (Å²) in [5.41, 5.74) is 2.85. The van der Waals surface area contributed by atoms with Crippen LogP contribution in [0.3, 0.4) is 0 Å². The molecule has 0 saturated heterocycles. The minimum Gasteiger partial charge on any atom is -0.384 e. The highest BCUT2D eigenvalue weighted by Gasteiger charge is 2.25. The van der Waals surface area contributed by atoms with E-state index in [1.54, 1.807) is 0 Å². The van der Waals surface area contributed by atoms with Gasteiger partial charge in [0, 0.05) is 31.2 Å². The topological polar surface area (TPSA) is 15.3 Å². The summed E-state index contributed by atoms with van der Waals surface area (Å²) < 4.78 is 0. The van der Waals surface area contributed by atoms with Crippen LogP contribution in [0.1, 0.15) is 30.7 Å². The van der Waals surface area contributed by atoms with Gasteiger partial charge in [-0.2, -0.15) is 0 Å². The van der Waals surface area contributed by atoms with Gasteiger partial charge in [0.2, 0.25) is 0 Å². The first-order chi connectivity index (χ1) is 8.33. The highest BCUT2D eigenvalue weighted by atomic mass is 15.1. The van der Waals surface area contributed by atoms with Crippen LogP contribution in [0.5, 0.6) is 0 Å². The minimum absolute atomic E-state index is 0.677. The lowest BCUT2D eigenvalue weighted by Crippen LogP contribution is -2.33. The molecule has 17 heavy (non-hydrogen) atoms. The van der Waals surface area contributed by atoms with Crippen LogP contribution in [0.2, 0.25) is 0 Å². The van der Waals surface area contributed by atoms with Gasteiger partial charge in [-0.25, -0.2) is 0 Å². The van der Waals surface area contributed by atoms with E-state index in [0.29, 0.717) is 5.92 Å². The Morgan fingerprint density at radius 1 is 1.24 bits per heavy atom. The van der Waals surface area contributed by atoms with Crippen molar-refractivity contribution in [2.24, 2.45) is 5.92 Å². The summed E-state index contributed by atoms with van der Waals surface area (Å²) in [6, 6.07) is 8.75. The maximum Gasteiger partial charge on any atom is 0.0376 e. The molecule has 0 amide bonds. The zero-order valence-corrected chi connectivity index (χ0v) is 10.7. The third kappa shape index (κ3) is 2.32. The molecule has 1 heterocycles. The minimum atomic E-state index is 0.677. The van der Waals surface area contributed by atoms with E-state index in [0.717, 1.165) is 12.5 Å². The Morgan fingerprint density at radius 2 is 2.06 bits per heavy atom. The maximum atomic E-state index is 3.51. The number of rotatable bonds is 4. The predicted molar refractivity (Wildman–Crippen MR) is 72.5 cm³/mol. The third-order valence-electron chi connectivity index (χ3n) is 4.27. The van der Waals surface area contributed by atoms with Crippen LogP contribution in [-0.4, -0.2) is 31.6 Å². The van der Waals surface area contributed by atoms with Gasteiger partial charge in [-0.15, -0.1) is 0 Å². The number of nitrogens with one attached hydrogen (secondary N) is 1. The first-order valence-corrected chi connectivity index (χ1v) is 6.84. The summed E-state index contributed by atoms with van der Waals surface area (Å²) in [4.78, 5) is 2.53. The molecule has 0 bridgehead atoms. The molecule has 2 aliphatic rings. The van der Waals surface area contributed by atoms with E-state index in [-0.39, 0.29) is 0 Å². The van der Waals surface area contributed by atoms with Gasteiger partial charge in [-0.05, 0) is 37.4 Å². The Balaban J connectivity index is 1.58. The van der Waals surface area contributed by atoms with E-state index in [4.69, 9.17) is 0 Å². The molecule has 1 N–H and O–H groups in total. The molecule has 0 spiro atoms. The van der Waals surface area contributed by atoms with Crippen LogP contribution in [-0.2, 0) is 0 Å². The summed E-state index contributed by atoms with van der Waals surface area (Å²) in [5.74, 6) is 1.65. The number of para-hydroxylation sites is 1. The van der Waals surface area contributed by atoms with Crippen molar-refractivity contribution in [3.63, 3.8) is 0 Å². The quantitative estimate of drug-likeness (QED) is 0.855. The first-order valence-electron chi connectivity index (χ1n) is 6.84. The number of hydrogen-bond donors (Lipinski definition) is 1. The highest BCUT2D eigenvalue weighted by molar-refractivity contribution is 5.57. The molecule has 1 aromatic rings. The number of hydrogen-bond acceptors (Lipinski definition) is 2. The van der Waals surface area contributed by atoms with Crippen LogP contribution >= 0.6 is 0 Å². The van der Waals surface area contributed by atoms with Crippen molar-refractivity contribution >= 4 is 5.69 Å². The molecule has 1 unspecified atom stereocenters. The lowest BCUT2D eigenvalue weighted by molar-refractivity contribution is 0.200. The molecule has 2 nitrogen and oxygen atoms in total. The van der Waals surface area contributed by atoms with Gasteiger partial charge in [-0.1, -0.05) is 24.6 Å². The average Bonchev–Trinajstić information content (AvgIpc) is 2.68. The van der Waals surface area contributed by atoms with Gasteiger partial charge >= 0.3 is 0 Å². The molecule has 92 valence electrons. The fourth-order valence-electron chi connectivity index (χ4n) is 3.09. The van der Waals surface area contributed by atoms with Crippen molar-refractivity contribution in [3.05, 3.63) is 29.8 Å². The number of benzene rings is 1. The Morgan fingerprint density at radius 3 is 2.82 bits per heavy atom. The zero-order valence-electron chi connectivity index (χ0n) is 10.7. The molecular formula is C15H22N2. The molecule has 3 rings (SSSR count). The van der Waals surface area contributed by atoms with Crippen molar-refractivity contribution in [2.45, 2.75) is 25.2 Å². The monoisotopic (exact) mass is 230 g/mol. The standard InChI is InChI=1S/C15H22N2/c1-17(10-12-5-4-6-12)11-13-9-16-15-8-3-2-7-14(13)15/h2-3,7-8,12-13,16H,4-6,9-11H2,1H3. The van der Waals surface area contributed by atoms with Gasteiger partial charge < -0.3 is 10.2 Å². The third-order valence-corrected chi connectivity index (χ3v) is 4.27. The lowest BCUT2D eigenvalue weighted by Gasteiger charge is -2.31. The van der Waals surface area contributed by atoms with Crippen molar-refractivity contribution in [1.29, 1.82) is 0 Å². The van der Waals surface area contributed by atoms with E-state index in [1.165, 1.54) is 43.6 Å². The summed E-state index contributed by atoms with van der Waals surface area (Å²) in [5, 5.41) is 3.51. The largest absolute Gasteiger partial charge is 0.384 e. The second-order valence-electron chi connectivity index (χ2n) is 5.68. The van der Waals surface area contributed by atoms with Crippen molar-refractivity contribution in [1.82, 2.24) is 4.90 Å². The van der Waals surface area contributed by atoms with E-state index in [9.17, 15) is 0 Å². The first kappa shape index (κ1) is 11.1. The van der Waals surface area contributed by atoms with E-state index in [1.807, 2.05) is 0 Å². The molecule has 1 fully saturated rings. The maximum absolute atomic E-state index is 3.51. The van der Waals surface area contributed by atoms with Gasteiger partial charge in [0.05, 0.1) is 0 Å². The molecule has 1 aliphatic carbocycles. The molecule has 1 atom stereocenters. The van der Waals surface area contributed by atoms with Crippen LogP contribution in [0.25, 0.3) is 0 Å². The second-order valence-corrected chi connectivity index (χ2v) is 5.68. The van der Waals surface area contributed by atoms with Crippen LogP contribution in [0.4, 0.5) is 5.69 Å². The highest BCUT2D eigenvalue weighted by Crippen LogP contribution is 2.32. The van der Waals surface area contributed by atoms with Crippen LogP contribution < -0.4 is 5.32 Å². The Kier molecular flexibility index (Phi) is 3.06. The van der Waals surface area contributed by atoms with Gasteiger partial charge in [0.1, 0.15) is 0 Å². The number of fused-ring (bicyclic) bond motifs is 1. The van der Waals surface area contributed by atoms with Crippen molar-refractivity contribution in [2.75, 3.05) is 32.0 Å². The van der Waals surface area contributed by atoms with Gasteiger partial charge in [-0.3, -0.25) is 0 Å². The molecular weight excluding hydrogens is 208 g/mol. The predicted octanol–water partition coefficient (Wildman–Crippen LogP) is 2.93. The van der Waals surface area contributed by atoms with E-state index < -0.39 is 0 Å². The Bertz CT molecular complexity index is 384. The van der Waals surface area contributed by atoms with Gasteiger partial charge in [0.15, 0.2) is 0 Å². The normalized spacial score (nSPS) is 23.3. The molecule has 0 radical (unpaired) electrons. The van der Waals surface area contributed by atoms with Crippen LogP contribution in [0, 0.1) is 5.92 Å². The number of anilines is 1. The fourth-order valence-corrected chi connectivity index (χ4v) is 3.09. The molecule has 2 heteroatoms. The van der Waals surface area contributed by atoms with E-state index in [2.05, 4.69) is 41.5 Å². The molecule has 1 aliphatic heterocycles. The fraction of sp³-hybridized carbons (Fsp3) is 0.600. The lowest BCUT2D eigenvalue weighted by atomic mass is 9.85. The SMILES string of the molecule is CN(CC1CCC1)CC1CNc2ccccc21. The Hall–Kier alpha value is -1.02. The summed E-state index contributed by atoms with van der Waals surface area (Å²) in [7, 11) is 2.28. The van der Waals surface area contributed by atoms with Gasteiger partial charge in [0.25, 0.3) is 0 Å². The van der Waals surface area contributed by atoms with Crippen LogP contribution in [0.15, 0.2) is 24.3 Å². The molecule has 1 saturated carbocycles. The van der Waals surface area contributed by atoms with Crippen molar-refractivity contribution in [3.8, 4) is 0 Å². The molecule has 1 aromatic carbocycles. The number of nitrogens with zero attached hydrogens (tertiary/aromatic N) is 1. The zero-order chi connectivity index (χ0) is 11.7. The number of likely N-dealkylation sites (N-methyl/N-ethyl adjacent to an activating group) is 1.